The van der Waals surface area contributed by atoms with E-state index in [9.17, 15) is 0 Å². The highest BCUT2D eigenvalue weighted by molar-refractivity contribution is 5.51. The van der Waals surface area contributed by atoms with Gasteiger partial charge in [-0.05, 0) is 12.1 Å². The van der Waals surface area contributed by atoms with E-state index in [-0.39, 0.29) is 6.61 Å². The van der Waals surface area contributed by atoms with Crippen LogP contribution in [0.5, 0.6) is 17.2 Å². The van der Waals surface area contributed by atoms with Crippen molar-refractivity contribution >= 4 is 0 Å². The lowest BCUT2D eigenvalue weighted by Crippen LogP contribution is -2.16. The molecule has 0 spiro atoms. The lowest BCUT2D eigenvalue weighted by molar-refractivity contribution is 0.164. The Morgan fingerprint density at radius 1 is 1.36 bits per heavy atom. The second-order valence-corrected chi connectivity index (χ2v) is 2.73. The van der Waals surface area contributed by atoms with E-state index in [0.29, 0.717) is 30.5 Å². The number of hydrogen-bond donors (Lipinski definition) is 0. The molecule has 4 heteroatoms. The summed E-state index contributed by atoms with van der Waals surface area (Å²) in [5, 5.41) is 8.38. The first-order chi connectivity index (χ1) is 6.92. The van der Waals surface area contributed by atoms with Crippen LogP contribution in [-0.4, -0.2) is 19.8 Å². The average molecular weight is 191 g/mol. The van der Waals surface area contributed by atoms with Crippen LogP contribution in [0.1, 0.15) is 0 Å². The Kier molecular flexibility index (Phi) is 2.41. The van der Waals surface area contributed by atoms with Crippen LogP contribution in [0.2, 0.25) is 0 Å². The topological polar surface area (TPSA) is 51.5 Å². The minimum Gasteiger partial charge on any atom is -0.486 e. The maximum Gasteiger partial charge on any atom is 0.203 e. The van der Waals surface area contributed by atoms with E-state index in [1.807, 2.05) is 12.1 Å². The molecule has 0 atom stereocenters. The molecule has 1 aromatic rings. The summed E-state index contributed by atoms with van der Waals surface area (Å²) in [6.45, 7) is 1.08. The summed E-state index contributed by atoms with van der Waals surface area (Å²) in [6.07, 6.45) is 0. The van der Waals surface area contributed by atoms with Crippen molar-refractivity contribution in [3.05, 3.63) is 18.2 Å². The van der Waals surface area contributed by atoms with Gasteiger partial charge in [-0.1, -0.05) is 6.07 Å². The first-order valence-corrected chi connectivity index (χ1v) is 4.30. The summed E-state index contributed by atoms with van der Waals surface area (Å²) in [5.41, 5.74) is 0. The molecule has 0 aliphatic carbocycles. The number of para-hydroxylation sites is 1. The van der Waals surface area contributed by atoms with Crippen molar-refractivity contribution in [1.29, 1.82) is 5.26 Å². The molecule has 0 bridgehead atoms. The number of ether oxygens (including phenoxy) is 3. The lowest BCUT2D eigenvalue weighted by Gasteiger charge is -2.20. The zero-order chi connectivity index (χ0) is 9.80. The standard InChI is InChI=1S/C10H9NO3/c11-4-5-12-8-2-1-3-9-10(8)14-7-6-13-9/h1-3H,5-7H2. The summed E-state index contributed by atoms with van der Waals surface area (Å²) in [4.78, 5) is 0. The van der Waals surface area contributed by atoms with Crippen LogP contribution in [-0.2, 0) is 0 Å². The van der Waals surface area contributed by atoms with Crippen LogP contribution < -0.4 is 14.2 Å². The fraction of sp³-hybridized carbons (Fsp3) is 0.300. The minimum absolute atomic E-state index is 0.0137. The van der Waals surface area contributed by atoms with Gasteiger partial charge in [-0.25, -0.2) is 0 Å². The molecule has 1 heterocycles. The molecule has 1 aliphatic heterocycles. The third kappa shape index (κ3) is 1.57. The molecule has 0 amide bonds. The number of nitrogens with zero attached hydrogens (tertiary/aromatic N) is 1. The number of nitriles is 1. The average Bonchev–Trinajstić information content (AvgIpc) is 2.26. The molecule has 0 fully saturated rings. The zero-order valence-corrected chi connectivity index (χ0v) is 7.53. The maximum atomic E-state index is 8.38. The van der Waals surface area contributed by atoms with Gasteiger partial charge >= 0.3 is 0 Å². The van der Waals surface area contributed by atoms with Gasteiger partial charge in [0.15, 0.2) is 18.1 Å². The lowest BCUT2D eigenvalue weighted by atomic mass is 10.3. The summed E-state index contributed by atoms with van der Waals surface area (Å²) in [7, 11) is 0. The predicted molar refractivity (Wildman–Crippen MR) is 48.5 cm³/mol. The monoisotopic (exact) mass is 191 g/mol. The van der Waals surface area contributed by atoms with Crippen molar-refractivity contribution in [3.8, 4) is 23.3 Å². The molecule has 1 aromatic carbocycles. The second-order valence-electron chi connectivity index (χ2n) is 2.73. The van der Waals surface area contributed by atoms with Gasteiger partial charge in [0.2, 0.25) is 5.75 Å². The fourth-order valence-electron chi connectivity index (χ4n) is 1.27. The van der Waals surface area contributed by atoms with E-state index in [1.54, 1.807) is 12.1 Å². The molecule has 0 radical (unpaired) electrons. The fourth-order valence-corrected chi connectivity index (χ4v) is 1.27. The molecule has 14 heavy (non-hydrogen) atoms. The Hall–Kier alpha value is -1.89. The molecule has 0 unspecified atom stereocenters. The molecule has 0 N–H and O–H groups in total. The van der Waals surface area contributed by atoms with Gasteiger partial charge in [0.1, 0.15) is 19.3 Å². The highest BCUT2D eigenvalue weighted by Gasteiger charge is 2.16. The molecule has 72 valence electrons. The molecule has 0 aromatic heterocycles. The van der Waals surface area contributed by atoms with Crippen molar-refractivity contribution in [2.45, 2.75) is 0 Å². The van der Waals surface area contributed by atoms with Gasteiger partial charge in [-0.2, -0.15) is 5.26 Å². The van der Waals surface area contributed by atoms with Crippen molar-refractivity contribution in [1.82, 2.24) is 0 Å². The Labute approximate surface area is 81.6 Å². The van der Waals surface area contributed by atoms with Gasteiger partial charge < -0.3 is 14.2 Å². The third-order valence-corrected chi connectivity index (χ3v) is 1.82. The van der Waals surface area contributed by atoms with Crippen LogP contribution in [0.25, 0.3) is 0 Å². The van der Waals surface area contributed by atoms with Gasteiger partial charge in [0.25, 0.3) is 0 Å². The first-order valence-electron chi connectivity index (χ1n) is 4.30. The highest BCUT2D eigenvalue weighted by atomic mass is 16.6. The highest BCUT2D eigenvalue weighted by Crippen LogP contribution is 2.38. The Bertz CT molecular complexity index is 370. The summed E-state index contributed by atoms with van der Waals surface area (Å²) in [6, 6.07) is 7.28. The summed E-state index contributed by atoms with van der Waals surface area (Å²) < 4.78 is 15.9. The smallest absolute Gasteiger partial charge is 0.203 e. The minimum atomic E-state index is 0.0137. The number of fused-ring (bicyclic) bond motifs is 1. The van der Waals surface area contributed by atoms with Crippen LogP contribution in [0, 0.1) is 11.3 Å². The summed E-state index contributed by atoms with van der Waals surface area (Å²) in [5.74, 6) is 1.82. The molecule has 1 aliphatic rings. The van der Waals surface area contributed by atoms with E-state index in [0.717, 1.165) is 0 Å². The van der Waals surface area contributed by atoms with Crippen LogP contribution in [0.3, 0.4) is 0 Å². The zero-order valence-electron chi connectivity index (χ0n) is 7.53. The van der Waals surface area contributed by atoms with Gasteiger partial charge in [0, 0.05) is 0 Å². The van der Waals surface area contributed by atoms with E-state index in [2.05, 4.69) is 0 Å². The van der Waals surface area contributed by atoms with E-state index in [4.69, 9.17) is 19.5 Å². The van der Waals surface area contributed by atoms with Crippen molar-refractivity contribution < 1.29 is 14.2 Å². The maximum absolute atomic E-state index is 8.38. The van der Waals surface area contributed by atoms with Gasteiger partial charge in [0.05, 0.1) is 0 Å². The SMILES string of the molecule is N#CCOc1cccc2c1OCCO2. The largest absolute Gasteiger partial charge is 0.486 e. The molecule has 2 rings (SSSR count). The third-order valence-electron chi connectivity index (χ3n) is 1.82. The van der Waals surface area contributed by atoms with Crippen molar-refractivity contribution in [2.75, 3.05) is 19.8 Å². The first kappa shape index (κ1) is 8.70. The number of hydrogen-bond acceptors (Lipinski definition) is 4. The van der Waals surface area contributed by atoms with E-state index in [1.165, 1.54) is 0 Å². The van der Waals surface area contributed by atoms with Crippen LogP contribution in [0.15, 0.2) is 18.2 Å². The summed E-state index contributed by atoms with van der Waals surface area (Å²) >= 11 is 0. The molecular weight excluding hydrogens is 182 g/mol. The van der Waals surface area contributed by atoms with Crippen molar-refractivity contribution in [2.24, 2.45) is 0 Å². The van der Waals surface area contributed by atoms with Crippen LogP contribution in [0.4, 0.5) is 0 Å². The van der Waals surface area contributed by atoms with E-state index >= 15 is 0 Å². The Balaban J connectivity index is 2.27. The normalized spacial score (nSPS) is 13.1. The van der Waals surface area contributed by atoms with Crippen LogP contribution >= 0.6 is 0 Å². The Morgan fingerprint density at radius 2 is 2.21 bits per heavy atom. The predicted octanol–water partition coefficient (Wildman–Crippen LogP) is 1.36. The van der Waals surface area contributed by atoms with Crippen molar-refractivity contribution in [3.63, 3.8) is 0 Å². The molecule has 0 saturated heterocycles. The quantitative estimate of drug-likeness (QED) is 0.708. The Morgan fingerprint density at radius 3 is 3.07 bits per heavy atom. The van der Waals surface area contributed by atoms with Gasteiger partial charge in [-0.3, -0.25) is 0 Å². The van der Waals surface area contributed by atoms with Gasteiger partial charge in [-0.15, -0.1) is 0 Å². The molecular formula is C10H9NO3. The van der Waals surface area contributed by atoms with E-state index < -0.39 is 0 Å². The second kappa shape index (κ2) is 3.88. The number of benzene rings is 1. The molecule has 0 saturated carbocycles. The molecule has 4 nitrogen and oxygen atoms in total. The number of rotatable bonds is 2.